The first kappa shape index (κ1) is 22.3. The monoisotopic (exact) mass is 456 g/mol. The van der Waals surface area contributed by atoms with Crippen LogP contribution in [0.25, 0.3) is 0 Å². The van der Waals surface area contributed by atoms with Crippen molar-refractivity contribution in [3.05, 3.63) is 12.2 Å². The van der Waals surface area contributed by atoms with Crippen molar-refractivity contribution in [2.24, 2.45) is 52.3 Å². The Morgan fingerprint density at radius 2 is 1.85 bits per heavy atom. The highest BCUT2D eigenvalue weighted by molar-refractivity contribution is 5.98. The number of hydrogen-bond acceptors (Lipinski definition) is 5. The average Bonchev–Trinajstić information content (AvgIpc) is 3.41. The Balaban J connectivity index is 1.27. The van der Waals surface area contributed by atoms with Crippen LogP contribution in [0.1, 0.15) is 73.1 Å². The molecule has 6 rings (SSSR count). The van der Waals surface area contributed by atoms with Gasteiger partial charge in [-0.3, -0.25) is 9.59 Å². The Labute approximate surface area is 197 Å². The van der Waals surface area contributed by atoms with Crippen LogP contribution < -0.4 is 0 Å². The lowest BCUT2D eigenvalue weighted by molar-refractivity contribution is -0.171. The summed E-state index contributed by atoms with van der Waals surface area (Å²) in [5.41, 5.74) is -1.11. The van der Waals surface area contributed by atoms with Gasteiger partial charge in [0.2, 0.25) is 0 Å². The number of carbonyl (C=O) groups is 2. The van der Waals surface area contributed by atoms with E-state index < -0.39 is 17.1 Å². The SMILES string of the molecule is C[C@H](C1C[C@@H](C)[C@H](C)C(=O)O1)C1CC[C@H]2[C@@H]3C[C@H]4O[C@]45[C@@H](O)C=CC(=O)[C@]5(C)[C@H]3CC[C@]12C. The number of aliphatic hydroxyl groups excluding tert-OH is 1. The van der Waals surface area contributed by atoms with Crippen molar-refractivity contribution in [1.82, 2.24) is 0 Å². The number of aliphatic hydroxyl groups is 1. The largest absolute Gasteiger partial charge is 0.462 e. The van der Waals surface area contributed by atoms with Gasteiger partial charge < -0.3 is 14.6 Å². The summed E-state index contributed by atoms with van der Waals surface area (Å²) in [6.45, 7) is 11.1. The molecule has 0 aromatic rings. The second-order valence-electron chi connectivity index (χ2n) is 12.9. The van der Waals surface area contributed by atoms with E-state index in [0.29, 0.717) is 29.6 Å². The van der Waals surface area contributed by atoms with Crippen LogP contribution in [0.15, 0.2) is 12.2 Å². The van der Waals surface area contributed by atoms with E-state index in [4.69, 9.17) is 9.47 Å². The lowest BCUT2D eigenvalue weighted by Crippen LogP contribution is -2.63. The molecule has 2 heterocycles. The number of hydrogen-bond donors (Lipinski definition) is 1. The maximum absolute atomic E-state index is 13.3. The molecular weight excluding hydrogens is 416 g/mol. The van der Waals surface area contributed by atoms with E-state index in [1.54, 1.807) is 12.2 Å². The van der Waals surface area contributed by atoms with Crippen LogP contribution in [-0.2, 0) is 19.1 Å². The van der Waals surface area contributed by atoms with Crippen LogP contribution >= 0.6 is 0 Å². The highest BCUT2D eigenvalue weighted by atomic mass is 16.6. The molecule has 0 aromatic carbocycles. The number of epoxide rings is 1. The quantitative estimate of drug-likeness (QED) is 0.495. The molecule has 6 aliphatic rings. The van der Waals surface area contributed by atoms with E-state index in [9.17, 15) is 14.7 Å². The molecule has 0 radical (unpaired) electrons. The zero-order valence-electron chi connectivity index (χ0n) is 20.8. The fraction of sp³-hybridized carbons (Fsp3) is 0.857. The molecule has 13 atom stereocenters. The molecule has 182 valence electrons. The molecular formula is C28H40O5. The summed E-state index contributed by atoms with van der Waals surface area (Å²) >= 11 is 0. The van der Waals surface area contributed by atoms with Gasteiger partial charge in [0.15, 0.2) is 5.78 Å². The minimum absolute atomic E-state index is 0.00461. The molecule has 2 unspecified atom stereocenters. The van der Waals surface area contributed by atoms with Crippen molar-refractivity contribution in [2.75, 3.05) is 0 Å². The molecule has 5 nitrogen and oxygen atoms in total. The van der Waals surface area contributed by atoms with Gasteiger partial charge in [0.1, 0.15) is 17.8 Å². The fourth-order valence-electron chi connectivity index (χ4n) is 9.78. The van der Waals surface area contributed by atoms with E-state index in [1.165, 1.54) is 12.8 Å². The third-order valence-electron chi connectivity index (χ3n) is 12.0. The molecule has 0 bridgehead atoms. The van der Waals surface area contributed by atoms with Gasteiger partial charge >= 0.3 is 5.97 Å². The van der Waals surface area contributed by atoms with Crippen molar-refractivity contribution < 1.29 is 24.2 Å². The summed E-state index contributed by atoms with van der Waals surface area (Å²) in [5.74, 6) is 2.67. The third kappa shape index (κ3) is 2.62. The Kier molecular flexibility index (Phi) is 4.68. The summed E-state index contributed by atoms with van der Waals surface area (Å²) in [6, 6.07) is 0. The van der Waals surface area contributed by atoms with E-state index >= 15 is 0 Å². The number of cyclic esters (lactones) is 1. The van der Waals surface area contributed by atoms with Gasteiger partial charge in [0.05, 0.1) is 17.4 Å². The maximum Gasteiger partial charge on any atom is 0.309 e. The van der Waals surface area contributed by atoms with E-state index in [1.807, 2.05) is 6.92 Å². The number of ether oxygens (including phenoxy) is 2. The molecule has 3 saturated carbocycles. The van der Waals surface area contributed by atoms with Crippen LogP contribution in [-0.4, -0.2) is 40.8 Å². The zero-order chi connectivity index (χ0) is 23.5. The Bertz CT molecular complexity index is 912. The first-order valence-electron chi connectivity index (χ1n) is 13.3. The molecule has 5 fully saturated rings. The number of esters is 1. The second-order valence-corrected chi connectivity index (χ2v) is 12.9. The van der Waals surface area contributed by atoms with Gasteiger partial charge in [-0.05, 0) is 98.5 Å². The van der Waals surface area contributed by atoms with Crippen LogP contribution in [0.4, 0.5) is 0 Å². The van der Waals surface area contributed by atoms with Crippen molar-refractivity contribution in [3.8, 4) is 0 Å². The number of rotatable bonds is 2. The van der Waals surface area contributed by atoms with Crippen molar-refractivity contribution >= 4 is 11.8 Å². The van der Waals surface area contributed by atoms with E-state index in [-0.39, 0.29) is 41.2 Å². The smallest absolute Gasteiger partial charge is 0.309 e. The molecule has 1 N–H and O–H groups in total. The van der Waals surface area contributed by atoms with Crippen LogP contribution in [0, 0.1) is 52.3 Å². The van der Waals surface area contributed by atoms with Crippen LogP contribution in [0.2, 0.25) is 0 Å². The number of carbonyl (C=O) groups excluding carboxylic acids is 2. The van der Waals surface area contributed by atoms with Gasteiger partial charge in [-0.1, -0.05) is 27.7 Å². The highest BCUT2D eigenvalue weighted by Crippen LogP contribution is 2.73. The Hall–Kier alpha value is -1.20. The third-order valence-corrected chi connectivity index (χ3v) is 12.0. The molecule has 5 heteroatoms. The second kappa shape index (κ2) is 6.94. The predicted molar refractivity (Wildman–Crippen MR) is 123 cm³/mol. The van der Waals surface area contributed by atoms with Crippen molar-refractivity contribution in [1.29, 1.82) is 0 Å². The van der Waals surface area contributed by atoms with E-state index in [0.717, 1.165) is 25.7 Å². The fourth-order valence-corrected chi connectivity index (χ4v) is 9.78. The topological polar surface area (TPSA) is 76.1 Å². The Morgan fingerprint density at radius 1 is 1.09 bits per heavy atom. The lowest BCUT2D eigenvalue weighted by Gasteiger charge is -2.58. The van der Waals surface area contributed by atoms with Crippen LogP contribution in [0.5, 0.6) is 0 Å². The molecule has 0 aromatic heterocycles. The maximum atomic E-state index is 13.3. The molecule has 1 spiro atoms. The summed E-state index contributed by atoms with van der Waals surface area (Å²) in [5, 5.41) is 10.8. The summed E-state index contributed by atoms with van der Waals surface area (Å²) in [6.07, 6.45) is 9.00. The minimum atomic E-state index is -0.692. The van der Waals surface area contributed by atoms with Gasteiger partial charge in [0, 0.05) is 0 Å². The average molecular weight is 457 g/mol. The summed E-state index contributed by atoms with van der Waals surface area (Å²) in [4.78, 5) is 25.8. The first-order valence-corrected chi connectivity index (χ1v) is 13.3. The molecule has 2 aliphatic heterocycles. The number of ketones is 1. The van der Waals surface area contributed by atoms with E-state index in [2.05, 4.69) is 27.7 Å². The zero-order valence-corrected chi connectivity index (χ0v) is 20.8. The van der Waals surface area contributed by atoms with Gasteiger partial charge in [-0.15, -0.1) is 0 Å². The normalized spacial score (nSPS) is 57.9. The first-order chi connectivity index (χ1) is 15.6. The number of allylic oxidation sites excluding steroid dienone is 1. The molecule has 4 aliphatic carbocycles. The van der Waals surface area contributed by atoms with Crippen LogP contribution in [0.3, 0.4) is 0 Å². The van der Waals surface area contributed by atoms with Crippen molar-refractivity contribution in [2.45, 2.75) is 97.1 Å². The molecule has 33 heavy (non-hydrogen) atoms. The predicted octanol–water partition coefficient (Wildman–Crippen LogP) is 4.32. The standard InChI is InChI=1S/C28H40O5/c1-14-12-21(32-25(31)15(14)2)16(3)18-6-7-19-17-13-24-28(33-24)23(30)9-8-22(29)27(28,5)20(17)10-11-26(18,19)4/h8-9,14-21,23-24,30H,6-7,10-13H2,1-5H3/t14-,15+,16+,17+,18?,19+,20+,21?,23+,24-,26-,27+,28-/m1/s1. The molecule has 0 amide bonds. The summed E-state index contributed by atoms with van der Waals surface area (Å²) < 4.78 is 12.2. The minimum Gasteiger partial charge on any atom is -0.462 e. The van der Waals surface area contributed by atoms with Gasteiger partial charge in [0.25, 0.3) is 0 Å². The number of fused-ring (bicyclic) bond motifs is 4. The molecule has 2 saturated heterocycles. The highest BCUT2D eigenvalue weighted by Gasteiger charge is 2.80. The summed E-state index contributed by atoms with van der Waals surface area (Å²) in [7, 11) is 0. The Morgan fingerprint density at radius 3 is 2.58 bits per heavy atom. The lowest BCUT2D eigenvalue weighted by atomic mass is 9.44. The van der Waals surface area contributed by atoms with Gasteiger partial charge in [-0.2, -0.15) is 0 Å². The van der Waals surface area contributed by atoms with Crippen molar-refractivity contribution in [3.63, 3.8) is 0 Å². The van der Waals surface area contributed by atoms with Gasteiger partial charge in [-0.25, -0.2) is 0 Å².